The Morgan fingerprint density at radius 2 is 1.84 bits per heavy atom. The van der Waals surface area contributed by atoms with Gasteiger partial charge in [-0.1, -0.05) is 23.5 Å². The summed E-state index contributed by atoms with van der Waals surface area (Å²) in [5.41, 5.74) is 0.678. The van der Waals surface area contributed by atoms with Gasteiger partial charge in [-0.2, -0.15) is 4.99 Å². The van der Waals surface area contributed by atoms with Crippen molar-refractivity contribution >= 4 is 50.9 Å². The number of esters is 1. The summed E-state index contributed by atoms with van der Waals surface area (Å²) >= 11 is 1.01. The zero-order chi connectivity index (χ0) is 23.3. The number of nitro benzene ring substituents is 2. The number of hydrogen-bond donors (Lipinski definition) is 0. The molecule has 12 heteroatoms. The second-order valence-corrected chi connectivity index (χ2v) is 7.33. The number of amides is 1. The second kappa shape index (κ2) is 9.75. The summed E-state index contributed by atoms with van der Waals surface area (Å²) in [7, 11) is 0. The number of benzene rings is 2. The molecule has 2 aromatic carbocycles. The van der Waals surface area contributed by atoms with Gasteiger partial charge in [0.15, 0.2) is 4.80 Å². The average Bonchev–Trinajstić information content (AvgIpc) is 3.08. The Hall–Kier alpha value is -4.19. The van der Waals surface area contributed by atoms with E-state index in [1.807, 2.05) is 0 Å². The van der Waals surface area contributed by atoms with E-state index in [4.69, 9.17) is 4.74 Å². The first kappa shape index (κ1) is 22.5. The highest BCUT2D eigenvalue weighted by Gasteiger charge is 2.15. The van der Waals surface area contributed by atoms with E-state index in [1.165, 1.54) is 47.0 Å². The van der Waals surface area contributed by atoms with Gasteiger partial charge in [-0.15, -0.1) is 0 Å². The summed E-state index contributed by atoms with van der Waals surface area (Å²) in [6, 6.07) is 9.84. The van der Waals surface area contributed by atoms with Crippen LogP contribution in [-0.2, 0) is 20.9 Å². The number of non-ortho nitro benzene ring substituents is 2. The Labute approximate surface area is 184 Å². The van der Waals surface area contributed by atoms with Gasteiger partial charge in [0.1, 0.15) is 6.54 Å². The third-order valence-electron chi connectivity index (χ3n) is 4.17. The zero-order valence-electron chi connectivity index (χ0n) is 16.7. The van der Waals surface area contributed by atoms with E-state index < -0.39 is 21.7 Å². The van der Waals surface area contributed by atoms with Gasteiger partial charge in [0.05, 0.1) is 26.7 Å². The molecular weight excluding hydrogens is 440 g/mol. The van der Waals surface area contributed by atoms with E-state index >= 15 is 0 Å². The van der Waals surface area contributed by atoms with Crippen molar-refractivity contribution in [1.29, 1.82) is 0 Å². The van der Waals surface area contributed by atoms with Crippen molar-refractivity contribution in [3.05, 3.63) is 79.1 Å². The van der Waals surface area contributed by atoms with E-state index in [2.05, 4.69) is 4.99 Å². The summed E-state index contributed by atoms with van der Waals surface area (Å²) in [5.74, 6) is -1.22. The number of aromatic nitrogens is 1. The maximum Gasteiger partial charge on any atom is 0.326 e. The van der Waals surface area contributed by atoms with Crippen LogP contribution in [0, 0.1) is 20.2 Å². The highest BCUT2D eigenvalue weighted by Crippen LogP contribution is 2.23. The molecule has 1 heterocycles. The highest BCUT2D eigenvalue weighted by atomic mass is 32.1. The number of thiazole rings is 1. The van der Waals surface area contributed by atoms with E-state index in [9.17, 15) is 29.8 Å². The number of nitrogens with zero attached hydrogens (tertiary/aromatic N) is 4. The van der Waals surface area contributed by atoms with Crippen LogP contribution < -0.4 is 4.80 Å². The minimum atomic E-state index is -0.671. The molecule has 11 nitrogen and oxygen atoms in total. The van der Waals surface area contributed by atoms with Crippen molar-refractivity contribution in [2.24, 2.45) is 4.99 Å². The molecule has 3 rings (SSSR count). The van der Waals surface area contributed by atoms with Crippen molar-refractivity contribution in [1.82, 2.24) is 4.57 Å². The number of ether oxygens (including phenoxy) is 1. The Balaban J connectivity index is 2.00. The summed E-state index contributed by atoms with van der Waals surface area (Å²) in [6.45, 7) is 1.60. The zero-order valence-corrected chi connectivity index (χ0v) is 17.5. The summed E-state index contributed by atoms with van der Waals surface area (Å²) in [5, 5.41) is 21.9. The van der Waals surface area contributed by atoms with Crippen molar-refractivity contribution in [3.63, 3.8) is 0 Å². The molecule has 0 aliphatic rings. The summed E-state index contributed by atoms with van der Waals surface area (Å²) < 4.78 is 6.88. The highest BCUT2D eigenvalue weighted by molar-refractivity contribution is 7.16. The number of carbonyl (C=O) groups is 2. The van der Waals surface area contributed by atoms with Gasteiger partial charge in [-0.3, -0.25) is 29.8 Å². The van der Waals surface area contributed by atoms with Crippen molar-refractivity contribution in [3.8, 4) is 0 Å². The van der Waals surface area contributed by atoms with Gasteiger partial charge in [0, 0.05) is 30.3 Å². The van der Waals surface area contributed by atoms with Crippen molar-refractivity contribution in [2.75, 3.05) is 6.61 Å². The number of carbonyl (C=O) groups excluding carboxylic acids is 2. The predicted molar refractivity (Wildman–Crippen MR) is 116 cm³/mol. The fourth-order valence-electron chi connectivity index (χ4n) is 2.79. The average molecular weight is 456 g/mol. The van der Waals surface area contributed by atoms with Crippen LogP contribution in [0.2, 0.25) is 0 Å². The van der Waals surface area contributed by atoms with Crippen LogP contribution in [0.25, 0.3) is 16.3 Å². The quantitative estimate of drug-likeness (QED) is 0.229. The molecule has 0 aliphatic heterocycles. The Morgan fingerprint density at radius 3 is 2.53 bits per heavy atom. The maximum atomic E-state index is 12.4. The molecule has 0 unspecified atom stereocenters. The number of rotatable bonds is 7. The first-order valence-corrected chi connectivity index (χ1v) is 10.0. The molecule has 0 saturated heterocycles. The molecule has 1 aromatic heterocycles. The smallest absolute Gasteiger partial charge is 0.326 e. The molecule has 164 valence electrons. The van der Waals surface area contributed by atoms with Crippen LogP contribution >= 0.6 is 11.3 Å². The third kappa shape index (κ3) is 5.29. The molecule has 0 N–H and O–H groups in total. The molecule has 0 fully saturated rings. The molecule has 32 heavy (non-hydrogen) atoms. The van der Waals surface area contributed by atoms with E-state index in [-0.39, 0.29) is 29.3 Å². The normalized spacial score (nSPS) is 11.7. The molecule has 0 aliphatic carbocycles. The van der Waals surface area contributed by atoms with E-state index in [0.29, 0.717) is 15.8 Å². The molecule has 0 spiro atoms. The van der Waals surface area contributed by atoms with E-state index in [0.717, 1.165) is 17.4 Å². The van der Waals surface area contributed by atoms with Crippen LogP contribution in [0.4, 0.5) is 11.4 Å². The lowest BCUT2D eigenvalue weighted by molar-refractivity contribution is -0.385. The number of nitro groups is 2. The van der Waals surface area contributed by atoms with Crippen LogP contribution in [-0.4, -0.2) is 32.9 Å². The number of hydrogen-bond acceptors (Lipinski definition) is 8. The van der Waals surface area contributed by atoms with Crippen LogP contribution in [0.3, 0.4) is 0 Å². The summed E-state index contributed by atoms with van der Waals surface area (Å²) in [4.78, 5) is 49.4. The van der Waals surface area contributed by atoms with Crippen LogP contribution in [0.5, 0.6) is 0 Å². The topological polar surface area (TPSA) is 147 Å². The largest absolute Gasteiger partial charge is 0.465 e. The van der Waals surface area contributed by atoms with Gasteiger partial charge in [-0.25, -0.2) is 0 Å². The number of fused-ring (bicyclic) bond motifs is 1. The first-order chi connectivity index (χ1) is 15.3. The lowest BCUT2D eigenvalue weighted by Crippen LogP contribution is -2.22. The Morgan fingerprint density at radius 1 is 1.12 bits per heavy atom. The van der Waals surface area contributed by atoms with Crippen LogP contribution in [0.1, 0.15) is 12.5 Å². The van der Waals surface area contributed by atoms with Gasteiger partial charge >= 0.3 is 5.97 Å². The van der Waals surface area contributed by atoms with Crippen LogP contribution in [0.15, 0.2) is 53.5 Å². The van der Waals surface area contributed by atoms with Crippen molar-refractivity contribution < 1.29 is 24.2 Å². The molecule has 3 aromatic rings. The monoisotopic (exact) mass is 456 g/mol. The SMILES string of the molecule is CCOC(=O)Cn1c(=NC(=O)C=Cc2cccc([N+](=O)[O-])c2)sc2cc([N+](=O)[O-])ccc21. The molecule has 1 amide bonds. The minimum Gasteiger partial charge on any atom is -0.465 e. The van der Waals surface area contributed by atoms with Gasteiger partial charge in [-0.05, 0) is 24.6 Å². The molecule has 0 saturated carbocycles. The molecule has 0 radical (unpaired) electrons. The standard InChI is InChI=1S/C20H16N4O7S/c1-2-31-19(26)12-22-16-8-7-15(24(29)30)11-17(16)32-20(22)21-18(25)9-6-13-4-3-5-14(10-13)23(27)28/h3-11H,2,12H2,1H3. The second-order valence-electron chi connectivity index (χ2n) is 6.32. The Kier molecular flexibility index (Phi) is 6.85. The lowest BCUT2D eigenvalue weighted by atomic mass is 10.2. The van der Waals surface area contributed by atoms with Gasteiger partial charge in [0.2, 0.25) is 0 Å². The fraction of sp³-hybridized carbons (Fsp3) is 0.150. The van der Waals surface area contributed by atoms with Crippen molar-refractivity contribution in [2.45, 2.75) is 13.5 Å². The lowest BCUT2D eigenvalue weighted by Gasteiger charge is -2.04. The maximum absolute atomic E-state index is 12.4. The molecule has 0 atom stereocenters. The minimum absolute atomic E-state index is 0.116. The van der Waals surface area contributed by atoms with Gasteiger partial charge < -0.3 is 9.30 Å². The third-order valence-corrected chi connectivity index (χ3v) is 5.22. The Bertz CT molecular complexity index is 1320. The molecular formula is C20H16N4O7S. The first-order valence-electron chi connectivity index (χ1n) is 9.23. The van der Waals surface area contributed by atoms with E-state index in [1.54, 1.807) is 13.0 Å². The molecule has 0 bridgehead atoms. The van der Waals surface area contributed by atoms with Gasteiger partial charge in [0.25, 0.3) is 17.3 Å². The predicted octanol–water partition coefficient (Wildman–Crippen LogP) is 3.22. The summed E-state index contributed by atoms with van der Waals surface area (Å²) in [6.07, 6.45) is 2.52. The fourth-order valence-corrected chi connectivity index (χ4v) is 3.86.